The minimum Gasteiger partial charge on any atom is -0.510 e. The lowest BCUT2D eigenvalue weighted by atomic mass is 9.85. The summed E-state index contributed by atoms with van der Waals surface area (Å²) in [4.78, 5) is 40.1. The third-order valence-electron chi connectivity index (χ3n) is 5.64. The van der Waals surface area contributed by atoms with Crippen molar-refractivity contribution in [3.8, 4) is 0 Å². The Bertz CT molecular complexity index is 1200. The molecule has 0 aliphatic carbocycles. The van der Waals surface area contributed by atoms with Crippen LogP contribution in [0.5, 0.6) is 0 Å². The Morgan fingerprint density at radius 3 is 1.43 bits per heavy atom. The zero-order valence-corrected chi connectivity index (χ0v) is 24.6. The van der Waals surface area contributed by atoms with Gasteiger partial charge in [0, 0.05) is 5.02 Å². The molecule has 0 saturated heterocycles. The summed E-state index contributed by atoms with van der Waals surface area (Å²) in [6.07, 6.45) is -0.181. The van der Waals surface area contributed by atoms with Crippen LogP contribution >= 0.6 is 11.6 Å². The van der Waals surface area contributed by atoms with Crippen molar-refractivity contribution in [2.24, 2.45) is 5.41 Å². The van der Waals surface area contributed by atoms with Crippen LogP contribution in [0, 0.1) is 26.2 Å². The highest BCUT2D eigenvalue weighted by molar-refractivity contribution is 6.53. The summed E-state index contributed by atoms with van der Waals surface area (Å²) in [5.74, 6) is -3.00. The fraction of sp³-hybridized carbons (Fsp3) is 0.222. The van der Waals surface area contributed by atoms with Crippen LogP contribution in [0.15, 0.2) is 66.7 Å². The average Bonchev–Trinajstić information content (AvgIpc) is 2.89. The Morgan fingerprint density at radius 1 is 0.676 bits per heavy atom. The Kier molecular flexibility index (Phi) is 10.0. The molecule has 3 rings (SSSR count). The van der Waals surface area contributed by atoms with Gasteiger partial charge in [-0.25, -0.2) is 0 Å². The third kappa shape index (κ3) is 7.29. The maximum Gasteiger partial charge on any atom is 0.355 e. The van der Waals surface area contributed by atoms with E-state index in [0.717, 1.165) is 27.1 Å². The van der Waals surface area contributed by atoms with Crippen molar-refractivity contribution in [3.05, 3.63) is 88.4 Å². The molecule has 6 nitrogen and oxygen atoms in total. The van der Waals surface area contributed by atoms with Crippen molar-refractivity contribution in [1.29, 1.82) is 0 Å². The van der Waals surface area contributed by atoms with E-state index in [1.165, 1.54) is 0 Å². The van der Waals surface area contributed by atoms with Gasteiger partial charge in [-0.3, -0.25) is 14.4 Å². The average molecular weight is 565 g/mol. The second-order valence-corrected chi connectivity index (χ2v) is 11.8. The van der Waals surface area contributed by atoms with Gasteiger partial charge < -0.3 is 13.3 Å². The van der Waals surface area contributed by atoms with Crippen LogP contribution in [0.1, 0.15) is 30.0 Å². The normalized spacial score (nSPS) is 11.1. The van der Waals surface area contributed by atoms with Gasteiger partial charge in [0.05, 0.1) is 0 Å². The number of carbonyl (C=O) groups excluding carboxylic acids is 3. The van der Waals surface area contributed by atoms with Crippen LogP contribution in [0.4, 0.5) is 0 Å². The highest BCUT2D eigenvalue weighted by Gasteiger charge is 2.55. The lowest BCUT2D eigenvalue weighted by molar-refractivity contribution is -0.171. The quantitative estimate of drug-likeness (QED) is 0.278. The van der Waals surface area contributed by atoms with Crippen LogP contribution in [-0.2, 0) is 27.7 Å². The van der Waals surface area contributed by atoms with Gasteiger partial charge in [-0.2, -0.15) is 0 Å². The number of hydrogen-bond donors (Lipinski definition) is 0. The van der Waals surface area contributed by atoms with E-state index in [0.29, 0.717) is 10.2 Å². The van der Waals surface area contributed by atoms with E-state index in [-0.39, 0.29) is 25.9 Å². The SMILES string of the molecule is CCC(C(=O)O[Si]c1ccc(C)cc1)(C(=O)O[Si]c1ccc(C)cc1)C(=O)O[Si]c1ccc(C)c(Cl)c1. The van der Waals surface area contributed by atoms with Gasteiger partial charge in [0.25, 0.3) is 5.41 Å². The Hall–Kier alpha value is -2.99. The molecule has 0 atom stereocenters. The first-order chi connectivity index (χ1) is 17.6. The molecule has 3 aromatic rings. The lowest BCUT2D eigenvalue weighted by Gasteiger charge is -2.26. The summed E-state index contributed by atoms with van der Waals surface area (Å²) in [6.45, 7) is 7.31. The Labute approximate surface area is 229 Å². The number of hydrogen-bond acceptors (Lipinski definition) is 6. The van der Waals surface area contributed by atoms with E-state index in [2.05, 4.69) is 0 Å². The first-order valence-electron chi connectivity index (χ1n) is 11.5. The summed E-state index contributed by atoms with van der Waals surface area (Å²) >= 11 is 6.18. The molecule has 0 aromatic heterocycles. The summed E-state index contributed by atoms with van der Waals surface area (Å²) in [5, 5.41) is 2.69. The molecule has 0 aliphatic rings. The smallest absolute Gasteiger partial charge is 0.355 e. The molecule has 10 heteroatoms. The summed E-state index contributed by atoms with van der Waals surface area (Å²) in [6, 6.07) is 20.1. The molecule has 0 amide bonds. The molecule has 0 spiro atoms. The van der Waals surface area contributed by atoms with E-state index in [9.17, 15) is 14.4 Å². The minimum absolute atomic E-state index is 0.181. The van der Waals surface area contributed by atoms with E-state index in [4.69, 9.17) is 24.9 Å². The predicted molar refractivity (Wildman–Crippen MR) is 146 cm³/mol. The highest BCUT2D eigenvalue weighted by atomic mass is 35.5. The van der Waals surface area contributed by atoms with Crippen LogP contribution < -0.4 is 15.6 Å². The van der Waals surface area contributed by atoms with Crippen molar-refractivity contribution in [2.45, 2.75) is 34.1 Å². The van der Waals surface area contributed by atoms with Crippen LogP contribution in [0.25, 0.3) is 0 Å². The number of rotatable bonds is 10. The molecule has 188 valence electrons. The van der Waals surface area contributed by atoms with E-state index in [1.807, 2.05) is 69.3 Å². The highest BCUT2D eigenvalue weighted by Crippen LogP contribution is 2.28. The second kappa shape index (κ2) is 13.0. The van der Waals surface area contributed by atoms with Crippen molar-refractivity contribution >= 4 is 74.4 Å². The molecule has 6 radical (unpaired) electrons. The first kappa shape index (κ1) is 28.6. The predicted octanol–water partition coefficient (Wildman–Crippen LogP) is 2.43. The second-order valence-electron chi connectivity index (χ2n) is 8.43. The van der Waals surface area contributed by atoms with Gasteiger partial charge >= 0.3 is 47.2 Å². The molecular weight excluding hydrogens is 540 g/mol. The van der Waals surface area contributed by atoms with Gasteiger partial charge in [0.2, 0.25) is 0 Å². The lowest BCUT2D eigenvalue weighted by Crippen LogP contribution is -2.51. The van der Waals surface area contributed by atoms with Gasteiger partial charge in [-0.05, 0) is 54.4 Å². The number of halogens is 1. The zero-order chi connectivity index (χ0) is 27.0. The molecule has 0 fully saturated rings. The van der Waals surface area contributed by atoms with Gasteiger partial charge in [-0.15, -0.1) is 0 Å². The Balaban J connectivity index is 1.81. The summed E-state index contributed by atoms with van der Waals surface area (Å²) < 4.78 is 16.5. The van der Waals surface area contributed by atoms with E-state index in [1.54, 1.807) is 25.1 Å². The summed E-state index contributed by atoms with van der Waals surface area (Å²) in [5.41, 5.74) is 0.746. The molecule has 0 unspecified atom stereocenters. The molecule has 0 N–H and O–H groups in total. The maximum absolute atomic E-state index is 13.4. The largest absolute Gasteiger partial charge is 0.510 e. The topological polar surface area (TPSA) is 78.9 Å². The zero-order valence-electron chi connectivity index (χ0n) is 20.9. The molecule has 0 bridgehead atoms. The molecule has 0 heterocycles. The van der Waals surface area contributed by atoms with Gasteiger partial charge in [-0.1, -0.05) is 90.3 Å². The third-order valence-corrected chi connectivity index (χ3v) is 8.59. The first-order valence-corrected chi connectivity index (χ1v) is 14.6. The van der Waals surface area contributed by atoms with E-state index < -0.39 is 33.1 Å². The fourth-order valence-corrected chi connectivity index (χ4v) is 5.55. The van der Waals surface area contributed by atoms with Crippen molar-refractivity contribution < 1.29 is 27.7 Å². The fourth-order valence-electron chi connectivity index (χ4n) is 3.16. The molecule has 37 heavy (non-hydrogen) atoms. The maximum atomic E-state index is 13.4. The monoisotopic (exact) mass is 564 g/mol. The molecule has 0 aliphatic heterocycles. The van der Waals surface area contributed by atoms with Crippen LogP contribution in [0.3, 0.4) is 0 Å². The van der Waals surface area contributed by atoms with Gasteiger partial charge in [0.1, 0.15) is 0 Å². The van der Waals surface area contributed by atoms with Crippen molar-refractivity contribution in [3.63, 3.8) is 0 Å². The molecule has 3 aromatic carbocycles. The number of carbonyl (C=O) groups is 3. The van der Waals surface area contributed by atoms with Crippen molar-refractivity contribution in [2.75, 3.05) is 0 Å². The minimum atomic E-state index is -2.25. The van der Waals surface area contributed by atoms with Crippen LogP contribution in [0.2, 0.25) is 5.02 Å². The molecular formula is C27H25ClO6Si3. The van der Waals surface area contributed by atoms with Crippen LogP contribution in [-0.4, -0.2) is 47.2 Å². The Morgan fingerprint density at radius 2 is 1.05 bits per heavy atom. The number of aryl methyl sites for hydroxylation is 3. The van der Waals surface area contributed by atoms with Crippen molar-refractivity contribution in [1.82, 2.24) is 0 Å². The summed E-state index contributed by atoms with van der Waals surface area (Å²) in [7, 11) is -1.24. The standard InChI is InChI=1S/C27H25ClO6Si3/c1-5-27(24(29)32-35-20-11-6-17(2)7-12-20,25(30)33-36-21-13-8-18(3)9-14-21)26(31)34-37-22-15-10-19(4)23(28)16-22/h6-16H,5H2,1-4H3. The van der Waals surface area contributed by atoms with Gasteiger partial charge in [0.15, 0.2) is 0 Å². The molecule has 0 saturated carbocycles. The number of benzene rings is 3. The van der Waals surface area contributed by atoms with E-state index >= 15 is 0 Å².